The molecule has 0 aliphatic carbocycles. The summed E-state index contributed by atoms with van der Waals surface area (Å²) >= 11 is 0. The number of hydrogen-bond donors (Lipinski definition) is 2. The van der Waals surface area contributed by atoms with Crippen molar-refractivity contribution in [2.24, 2.45) is 0 Å². The van der Waals surface area contributed by atoms with Crippen LogP contribution in [0.15, 0.2) is 53.4 Å². The summed E-state index contributed by atoms with van der Waals surface area (Å²) in [5.74, 6) is 0.399. The van der Waals surface area contributed by atoms with Crippen molar-refractivity contribution < 1.29 is 22.7 Å². The van der Waals surface area contributed by atoms with Crippen molar-refractivity contribution in [2.75, 3.05) is 18.5 Å². The van der Waals surface area contributed by atoms with Gasteiger partial charge in [0.05, 0.1) is 11.0 Å². The summed E-state index contributed by atoms with van der Waals surface area (Å²) < 4.78 is 38.0. The first-order valence-corrected chi connectivity index (χ1v) is 11.1. The Hall–Kier alpha value is -2.42. The van der Waals surface area contributed by atoms with Crippen molar-refractivity contribution in [3.05, 3.63) is 54.1 Å². The first-order valence-electron chi connectivity index (χ1n) is 9.62. The quantitative estimate of drug-likeness (QED) is 0.687. The Bertz CT molecular complexity index is 919. The van der Waals surface area contributed by atoms with Crippen molar-refractivity contribution in [1.29, 1.82) is 0 Å². The average Bonchev–Trinajstić information content (AvgIpc) is 3.20. The summed E-state index contributed by atoms with van der Waals surface area (Å²) in [6, 6.07) is 12.7. The molecule has 1 aliphatic rings. The fourth-order valence-electron chi connectivity index (χ4n) is 2.97. The van der Waals surface area contributed by atoms with Crippen LogP contribution in [0, 0.1) is 0 Å². The molecule has 0 saturated carbocycles. The molecule has 2 aromatic rings. The van der Waals surface area contributed by atoms with Gasteiger partial charge in [0.1, 0.15) is 12.4 Å². The van der Waals surface area contributed by atoms with Gasteiger partial charge in [-0.05, 0) is 75.2 Å². The number of amides is 1. The van der Waals surface area contributed by atoms with Crippen LogP contribution in [0.1, 0.15) is 37.0 Å². The third-order valence-electron chi connectivity index (χ3n) is 4.39. The van der Waals surface area contributed by atoms with E-state index in [1.807, 2.05) is 0 Å². The second-order valence-electron chi connectivity index (χ2n) is 7.22. The van der Waals surface area contributed by atoms with Crippen molar-refractivity contribution in [3.63, 3.8) is 0 Å². The van der Waals surface area contributed by atoms with E-state index in [9.17, 15) is 13.2 Å². The Labute approximate surface area is 171 Å². The molecular formula is C21H26N2O5S. The molecular weight excluding hydrogens is 392 g/mol. The predicted octanol–water partition coefficient (Wildman–Crippen LogP) is 3.18. The van der Waals surface area contributed by atoms with Gasteiger partial charge < -0.3 is 14.8 Å². The first-order chi connectivity index (χ1) is 13.8. The SMILES string of the molecule is CC(C)NS(=O)(=O)c1ccc(NC(=O)c2ccc(OCC3CCCO3)cc2)cc1. The number of nitrogens with one attached hydrogen (secondary N) is 2. The molecule has 0 aromatic heterocycles. The molecule has 29 heavy (non-hydrogen) atoms. The smallest absolute Gasteiger partial charge is 0.255 e. The second kappa shape index (κ2) is 9.39. The number of rotatable bonds is 8. The van der Waals surface area contributed by atoms with Gasteiger partial charge in [0.15, 0.2) is 0 Å². The molecule has 0 bridgehead atoms. The lowest BCUT2D eigenvalue weighted by molar-refractivity contribution is 0.0679. The molecule has 8 heteroatoms. The number of sulfonamides is 1. The standard InChI is InChI=1S/C21H26N2O5S/c1-15(2)23-29(25,26)20-11-7-17(8-12-20)22-21(24)16-5-9-18(10-6-16)28-14-19-4-3-13-27-19/h5-12,15,19,23H,3-4,13-14H2,1-2H3,(H,22,24). The van der Waals surface area contributed by atoms with Crippen molar-refractivity contribution in [3.8, 4) is 5.75 Å². The number of ether oxygens (including phenoxy) is 2. The van der Waals surface area contributed by atoms with Gasteiger partial charge in [0.25, 0.3) is 5.91 Å². The van der Waals surface area contributed by atoms with Crippen LogP contribution in [0.4, 0.5) is 5.69 Å². The molecule has 1 atom stereocenters. The van der Waals surface area contributed by atoms with E-state index in [0.29, 0.717) is 23.6 Å². The van der Waals surface area contributed by atoms with E-state index in [2.05, 4.69) is 10.0 Å². The second-order valence-corrected chi connectivity index (χ2v) is 8.94. The minimum atomic E-state index is -3.56. The van der Waals surface area contributed by atoms with Gasteiger partial charge in [-0.15, -0.1) is 0 Å². The van der Waals surface area contributed by atoms with Crippen molar-refractivity contribution in [1.82, 2.24) is 4.72 Å². The highest BCUT2D eigenvalue weighted by Gasteiger charge is 2.17. The van der Waals surface area contributed by atoms with E-state index in [4.69, 9.17) is 9.47 Å². The summed E-state index contributed by atoms with van der Waals surface area (Å²) in [5, 5.41) is 2.76. The number of hydrogen-bond acceptors (Lipinski definition) is 5. The zero-order valence-electron chi connectivity index (χ0n) is 16.6. The molecule has 0 radical (unpaired) electrons. The van der Waals surface area contributed by atoms with E-state index in [-0.39, 0.29) is 22.9 Å². The molecule has 2 aromatic carbocycles. The van der Waals surface area contributed by atoms with E-state index < -0.39 is 10.0 Å². The van der Waals surface area contributed by atoms with Crippen molar-refractivity contribution >= 4 is 21.6 Å². The lowest BCUT2D eigenvalue weighted by atomic mass is 10.2. The number of anilines is 1. The Morgan fingerprint density at radius 2 is 1.83 bits per heavy atom. The maximum absolute atomic E-state index is 12.4. The highest BCUT2D eigenvalue weighted by atomic mass is 32.2. The van der Waals surface area contributed by atoms with E-state index in [1.165, 1.54) is 12.1 Å². The van der Waals surface area contributed by atoms with Gasteiger partial charge in [0, 0.05) is 23.9 Å². The first kappa shape index (κ1) is 21.3. The summed E-state index contributed by atoms with van der Waals surface area (Å²) in [7, 11) is -3.56. The highest BCUT2D eigenvalue weighted by Crippen LogP contribution is 2.18. The molecule has 156 valence electrons. The van der Waals surface area contributed by atoms with Gasteiger partial charge in [0.2, 0.25) is 10.0 Å². The number of benzene rings is 2. The summed E-state index contributed by atoms with van der Waals surface area (Å²) in [6.45, 7) is 4.80. The van der Waals surface area contributed by atoms with Crippen LogP contribution < -0.4 is 14.8 Å². The summed E-state index contributed by atoms with van der Waals surface area (Å²) in [6.07, 6.45) is 2.21. The van der Waals surface area contributed by atoms with Crippen LogP contribution in [-0.2, 0) is 14.8 Å². The highest BCUT2D eigenvalue weighted by molar-refractivity contribution is 7.89. The molecule has 1 saturated heterocycles. The lowest BCUT2D eigenvalue weighted by Gasteiger charge is -2.12. The van der Waals surface area contributed by atoms with Gasteiger partial charge in [-0.25, -0.2) is 13.1 Å². The lowest BCUT2D eigenvalue weighted by Crippen LogP contribution is -2.30. The fraction of sp³-hybridized carbons (Fsp3) is 0.381. The summed E-state index contributed by atoms with van der Waals surface area (Å²) in [5.41, 5.74) is 0.991. The van der Waals surface area contributed by atoms with Crippen LogP contribution in [-0.4, -0.2) is 39.7 Å². The van der Waals surface area contributed by atoms with Crippen LogP contribution >= 0.6 is 0 Å². The minimum absolute atomic E-state index is 0.139. The molecule has 1 aliphatic heterocycles. The molecule has 7 nitrogen and oxygen atoms in total. The normalized spacial score (nSPS) is 16.7. The van der Waals surface area contributed by atoms with Crippen LogP contribution in [0.2, 0.25) is 0 Å². The van der Waals surface area contributed by atoms with Gasteiger partial charge >= 0.3 is 0 Å². The van der Waals surface area contributed by atoms with Crippen LogP contribution in [0.5, 0.6) is 5.75 Å². The zero-order valence-corrected chi connectivity index (χ0v) is 17.4. The van der Waals surface area contributed by atoms with Gasteiger partial charge in [-0.1, -0.05) is 0 Å². The Balaban J connectivity index is 1.56. The maximum Gasteiger partial charge on any atom is 0.255 e. The number of carbonyl (C=O) groups is 1. The molecule has 1 amide bonds. The monoisotopic (exact) mass is 418 g/mol. The Kier molecular flexibility index (Phi) is 6.89. The molecule has 1 heterocycles. The molecule has 1 unspecified atom stereocenters. The fourth-order valence-corrected chi connectivity index (χ4v) is 4.22. The third-order valence-corrected chi connectivity index (χ3v) is 6.06. The van der Waals surface area contributed by atoms with Crippen molar-refractivity contribution in [2.45, 2.75) is 43.7 Å². The third kappa shape index (κ3) is 6.03. The summed E-state index contributed by atoms with van der Waals surface area (Å²) in [4.78, 5) is 12.6. The molecule has 3 rings (SSSR count). The average molecular weight is 419 g/mol. The van der Waals surface area contributed by atoms with Gasteiger partial charge in [-0.2, -0.15) is 0 Å². The molecule has 2 N–H and O–H groups in total. The Morgan fingerprint density at radius 1 is 1.14 bits per heavy atom. The zero-order chi connectivity index (χ0) is 20.9. The largest absolute Gasteiger partial charge is 0.491 e. The van der Waals surface area contributed by atoms with E-state index >= 15 is 0 Å². The van der Waals surface area contributed by atoms with E-state index in [1.54, 1.807) is 50.2 Å². The molecule has 1 fully saturated rings. The minimum Gasteiger partial charge on any atom is -0.491 e. The Morgan fingerprint density at radius 3 is 2.41 bits per heavy atom. The molecule has 0 spiro atoms. The van der Waals surface area contributed by atoms with Crippen LogP contribution in [0.3, 0.4) is 0 Å². The number of carbonyl (C=O) groups excluding carboxylic acids is 1. The predicted molar refractivity (Wildman–Crippen MR) is 111 cm³/mol. The van der Waals surface area contributed by atoms with Gasteiger partial charge in [-0.3, -0.25) is 4.79 Å². The van der Waals surface area contributed by atoms with E-state index in [0.717, 1.165) is 19.4 Å². The topological polar surface area (TPSA) is 93.7 Å². The van der Waals surface area contributed by atoms with Crippen LogP contribution in [0.25, 0.3) is 0 Å². The maximum atomic E-state index is 12.4.